The van der Waals surface area contributed by atoms with Gasteiger partial charge in [0, 0.05) is 29.1 Å². The number of hydrogen-bond donors (Lipinski definition) is 2. The minimum absolute atomic E-state index is 0.0863. The Kier molecular flexibility index (Phi) is 5.31. The number of anilines is 1. The Morgan fingerprint density at radius 3 is 2.76 bits per heavy atom. The third kappa shape index (κ3) is 4.39. The lowest BCUT2D eigenvalue weighted by molar-refractivity contribution is -0.154. The van der Waals surface area contributed by atoms with Crippen molar-refractivity contribution >= 4 is 17.8 Å². The Bertz CT molecular complexity index is 965. The molecule has 3 heterocycles. The number of alkyl halides is 3. The second-order valence-corrected chi connectivity index (χ2v) is 6.52. The van der Waals surface area contributed by atoms with Crippen LogP contribution >= 0.6 is 0 Å². The van der Waals surface area contributed by atoms with Gasteiger partial charge in [0.05, 0.1) is 12.6 Å². The molecule has 3 rings (SSSR count). The summed E-state index contributed by atoms with van der Waals surface area (Å²) in [7, 11) is 0. The summed E-state index contributed by atoms with van der Waals surface area (Å²) in [6, 6.07) is 2.65. The normalized spacial score (nSPS) is 14.5. The summed E-state index contributed by atoms with van der Waals surface area (Å²) >= 11 is 0. The van der Waals surface area contributed by atoms with Crippen molar-refractivity contribution < 1.29 is 32.6 Å². The number of fused-ring (bicyclic) bond motifs is 1. The SMILES string of the molecule is Cc1cc(C(C)N2Cc3c(ccnc3NC(=O)O)C2=O)cnc1OCC(F)(F)F. The zero-order valence-corrected chi connectivity index (χ0v) is 15.4. The summed E-state index contributed by atoms with van der Waals surface area (Å²) in [6.45, 7) is 1.99. The highest BCUT2D eigenvalue weighted by Crippen LogP contribution is 2.34. The number of hydrogen-bond acceptors (Lipinski definition) is 5. The Morgan fingerprint density at radius 1 is 1.41 bits per heavy atom. The molecule has 0 saturated carbocycles. The Balaban J connectivity index is 1.80. The van der Waals surface area contributed by atoms with Crippen molar-refractivity contribution in [3.63, 3.8) is 0 Å². The van der Waals surface area contributed by atoms with E-state index in [0.717, 1.165) is 0 Å². The van der Waals surface area contributed by atoms with Gasteiger partial charge in [0.15, 0.2) is 6.61 Å². The van der Waals surface area contributed by atoms with E-state index in [1.54, 1.807) is 19.9 Å². The van der Waals surface area contributed by atoms with Crippen molar-refractivity contribution in [1.29, 1.82) is 0 Å². The zero-order chi connectivity index (χ0) is 21.3. The van der Waals surface area contributed by atoms with E-state index in [2.05, 4.69) is 15.3 Å². The lowest BCUT2D eigenvalue weighted by atomic mass is 10.1. The average Bonchev–Trinajstić information content (AvgIpc) is 2.97. The number of rotatable bonds is 5. The molecule has 2 N–H and O–H groups in total. The first-order chi connectivity index (χ1) is 13.6. The maximum absolute atomic E-state index is 12.8. The number of carboxylic acid groups (broad SMARTS) is 1. The van der Waals surface area contributed by atoms with Crippen LogP contribution in [0, 0.1) is 6.92 Å². The number of amides is 2. The second kappa shape index (κ2) is 7.57. The molecule has 1 aliphatic rings. The van der Waals surface area contributed by atoms with Crippen LogP contribution in [0.5, 0.6) is 5.88 Å². The Labute approximate surface area is 163 Å². The van der Waals surface area contributed by atoms with E-state index >= 15 is 0 Å². The van der Waals surface area contributed by atoms with Gasteiger partial charge in [-0.3, -0.25) is 10.1 Å². The lowest BCUT2D eigenvalue weighted by Gasteiger charge is -2.25. The first-order valence-corrected chi connectivity index (χ1v) is 8.51. The van der Waals surface area contributed by atoms with Crippen molar-refractivity contribution in [1.82, 2.24) is 14.9 Å². The summed E-state index contributed by atoms with van der Waals surface area (Å²) in [6.07, 6.45) is -3.06. The van der Waals surface area contributed by atoms with Gasteiger partial charge in [-0.05, 0) is 31.5 Å². The molecule has 2 aromatic rings. The third-order valence-electron chi connectivity index (χ3n) is 4.47. The summed E-state index contributed by atoms with van der Waals surface area (Å²) in [5.74, 6) is -0.354. The molecule has 1 atom stereocenters. The van der Waals surface area contributed by atoms with Crippen molar-refractivity contribution in [2.24, 2.45) is 0 Å². The number of halogens is 3. The molecule has 8 nitrogen and oxygen atoms in total. The van der Waals surface area contributed by atoms with E-state index in [-0.39, 0.29) is 24.1 Å². The molecular formula is C18H17F3N4O4. The van der Waals surface area contributed by atoms with E-state index in [0.29, 0.717) is 22.3 Å². The van der Waals surface area contributed by atoms with Gasteiger partial charge >= 0.3 is 12.3 Å². The standard InChI is InChI=1S/C18H17F3N4O4/c1-9-5-11(6-23-15(9)29-8-18(19,20)21)10(2)25-7-13-12(16(25)26)3-4-22-14(13)24-17(27)28/h3-6,10H,7-8H2,1-2H3,(H,22,24)(H,27,28). The molecule has 0 bridgehead atoms. The molecule has 1 aliphatic heterocycles. The van der Waals surface area contributed by atoms with Crippen molar-refractivity contribution in [2.45, 2.75) is 32.6 Å². The van der Waals surface area contributed by atoms with E-state index in [4.69, 9.17) is 9.84 Å². The molecular weight excluding hydrogens is 393 g/mol. The van der Waals surface area contributed by atoms with Crippen LogP contribution in [-0.2, 0) is 6.54 Å². The third-order valence-corrected chi connectivity index (χ3v) is 4.47. The summed E-state index contributed by atoms with van der Waals surface area (Å²) in [5, 5.41) is 11.1. The number of carbonyl (C=O) groups is 2. The maximum Gasteiger partial charge on any atom is 0.422 e. The smallest absolute Gasteiger partial charge is 0.422 e. The van der Waals surface area contributed by atoms with Crippen LogP contribution < -0.4 is 10.1 Å². The predicted molar refractivity (Wildman–Crippen MR) is 94.7 cm³/mol. The average molecular weight is 410 g/mol. The van der Waals surface area contributed by atoms with Crippen molar-refractivity contribution in [2.75, 3.05) is 11.9 Å². The number of nitrogens with zero attached hydrogens (tertiary/aromatic N) is 3. The number of aryl methyl sites for hydroxylation is 1. The molecule has 1 unspecified atom stereocenters. The quantitative estimate of drug-likeness (QED) is 0.781. The molecule has 0 aliphatic carbocycles. The number of ether oxygens (including phenoxy) is 1. The van der Waals surface area contributed by atoms with Gasteiger partial charge in [-0.15, -0.1) is 0 Å². The van der Waals surface area contributed by atoms with E-state index in [1.807, 2.05) is 0 Å². The van der Waals surface area contributed by atoms with Gasteiger partial charge in [0.2, 0.25) is 5.88 Å². The molecule has 29 heavy (non-hydrogen) atoms. The van der Waals surface area contributed by atoms with E-state index < -0.39 is 24.9 Å². The fraction of sp³-hybridized carbons (Fsp3) is 0.333. The van der Waals surface area contributed by atoms with Gasteiger partial charge in [-0.2, -0.15) is 13.2 Å². The minimum atomic E-state index is -4.47. The summed E-state index contributed by atoms with van der Waals surface area (Å²) in [5.41, 5.74) is 1.80. The molecule has 2 aromatic heterocycles. The molecule has 0 saturated heterocycles. The van der Waals surface area contributed by atoms with E-state index in [9.17, 15) is 22.8 Å². The van der Waals surface area contributed by atoms with Crippen LogP contribution in [0.15, 0.2) is 24.5 Å². The Morgan fingerprint density at radius 2 is 2.14 bits per heavy atom. The van der Waals surface area contributed by atoms with Gasteiger partial charge in [0.1, 0.15) is 5.82 Å². The maximum atomic E-state index is 12.8. The van der Waals surface area contributed by atoms with Crippen LogP contribution in [-0.4, -0.2) is 44.8 Å². The first kappa shape index (κ1) is 20.4. The monoisotopic (exact) mass is 410 g/mol. The van der Waals surface area contributed by atoms with Gasteiger partial charge in [-0.1, -0.05) is 0 Å². The first-order valence-electron chi connectivity index (χ1n) is 8.51. The van der Waals surface area contributed by atoms with Crippen LogP contribution in [0.1, 0.15) is 40.0 Å². The topological polar surface area (TPSA) is 105 Å². The minimum Gasteiger partial charge on any atom is -0.468 e. The molecule has 0 fully saturated rings. The van der Waals surface area contributed by atoms with Crippen LogP contribution in [0.2, 0.25) is 0 Å². The van der Waals surface area contributed by atoms with Gasteiger partial charge in [-0.25, -0.2) is 14.8 Å². The van der Waals surface area contributed by atoms with Gasteiger partial charge < -0.3 is 14.7 Å². The van der Waals surface area contributed by atoms with Crippen LogP contribution in [0.3, 0.4) is 0 Å². The highest BCUT2D eigenvalue weighted by Gasteiger charge is 2.34. The number of nitrogens with one attached hydrogen (secondary N) is 1. The fourth-order valence-corrected chi connectivity index (χ4v) is 3.07. The highest BCUT2D eigenvalue weighted by atomic mass is 19.4. The highest BCUT2D eigenvalue weighted by molar-refractivity contribution is 6.00. The molecule has 0 aromatic carbocycles. The second-order valence-electron chi connectivity index (χ2n) is 6.52. The van der Waals surface area contributed by atoms with Gasteiger partial charge in [0.25, 0.3) is 5.91 Å². The summed E-state index contributed by atoms with van der Waals surface area (Å²) < 4.78 is 41.7. The van der Waals surface area contributed by atoms with Crippen LogP contribution in [0.4, 0.5) is 23.8 Å². The van der Waals surface area contributed by atoms with Crippen molar-refractivity contribution in [3.8, 4) is 5.88 Å². The molecule has 0 spiro atoms. The zero-order valence-electron chi connectivity index (χ0n) is 15.4. The van der Waals surface area contributed by atoms with Crippen molar-refractivity contribution in [3.05, 3.63) is 46.8 Å². The van der Waals surface area contributed by atoms with Crippen LogP contribution in [0.25, 0.3) is 0 Å². The fourth-order valence-electron chi connectivity index (χ4n) is 3.07. The largest absolute Gasteiger partial charge is 0.468 e. The Hall–Kier alpha value is -3.37. The number of pyridine rings is 2. The molecule has 11 heteroatoms. The molecule has 2 amide bonds. The lowest BCUT2D eigenvalue weighted by Crippen LogP contribution is -2.27. The summed E-state index contributed by atoms with van der Waals surface area (Å²) in [4.78, 5) is 33.1. The molecule has 154 valence electrons. The number of carbonyl (C=O) groups excluding carboxylic acids is 1. The molecule has 0 radical (unpaired) electrons. The predicted octanol–water partition coefficient (Wildman–Crippen LogP) is 3.53. The number of aromatic nitrogens is 2. The van der Waals surface area contributed by atoms with E-state index in [1.165, 1.54) is 23.4 Å².